The molecule has 1 aromatic carbocycles. The lowest BCUT2D eigenvalue weighted by Gasteiger charge is -2.38. The summed E-state index contributed by atoms with van der Waals surface area (Å²) in [5.41, 5.74) is 1.19. The summed E-state index contributed by atoms with van der Waals surface area (Å²) in [6.45, 7) is 3.95. The van der Waals surface area contributed by atoms with E-state index < -0.39 is 6.10 Å². The Morgan fingerprint density at radius 1 is 1.35 bits per heavy atom. The number of morpholine rings is 1. The number of aliphatic hydroxyl groups is 2. The molecule has 20 heavy (non-hydrogen) atoms. The fourth-order valence-corrected chi connectivity index (χ4v) is 2.53. The average Bonchev–Trinajstić information content (AvgIpc) is 2.46. The Bertz CT molecular complexity index is 409. The number of rotatable bonds is 5. The zero-order valence-electron chi connectivity index (χ0n) is 12.0. The number of aliphatic hydroxyl groups excluding tert-OH is 2. The van der Waals surface area contributed by atoms with Gasteiger partial charge >= 0.3 is 0 Å². The summed E-state index contributed by atoms with van der Waals surface area (Å²) in [6, 6.07) is 7.96. The van der Waals surface area contributed by atoms with Crippen LogP contribution in [0.25, 0.3) is 0 Å². The van der Waals surface area contributed by atoms with E-state index in [1.165, 1.54) is 5.56 Å². The van der Waals surface area contributed by atoms with Gasteiger partial charge in [-0.3, -0.25) is 4.90 Å². The lowest BCUT2D eigenvalue weighted by atomic mass is 10.1. The second-order valence-corrected chi connectivity index (χ2v) is 5.28. The Balaban J connectivity index is 1.96. The second kappa shape index (κ2) is 7.04. The minimum absolute atomic E-state index is 0.0493. The lowest BCUT2D eigenvalue weighted by Crippen LogP contribution is -2.51. The predicted octanol–water partition coefficient (Wildman–Crippen LogP) is 0.638. The van der Waals surface area contributed by atoms with Crippen LogP contribution >= 0.6 is 0 Å². The molecule has 1 fully saturated rings. The molecule has 1 unspecified atom stereocenters. The molecule has 112 valence electrons. The highest BCUT2D eigenvalue weighted by atomic mass is 16.5. The Morgan fingerprint density at radius 3 is 2.65 bits per heavy atom. The minimum atomic E-state index is -0.823. The van der Waals surface area contributed by atoms with Crippen LogP contribution in [-0.2, 0) is 11.3 Å². The van der Waals surface area contributed by atoms with E-state index in [9.17, 15) is 5.11 Å². The molecule has 5 nitrogen and oxygen atoms in total. The summed E-state index contributed by atoms with van der Waals surface area (Å²) in [4.78, 5) is 2.24. The van der Waals surface area contributed by atoms with E-state index in [0.717, 1.165) is 18.8 Å². The number of hydrogen-bond donors (Lipinski definition) is 2. The van der Waals surface area contributed by atoms with Crippen LogP contribution in [0.1, 0.15) is 12.5 Å². The predicted molar refractivity (Wildman–Crippen MR) is 75.7 cm³/mol. The van der Waals surface area contributed by atoms with Crippen LogP contribution in [0.2, 0.25) is 0 Å². The molecule has 0 aliphatic carbocycles. The van der Waals surface area contributed by atoms with Crippen molar-refractivity contribution >= 4 is 0 Å². The smallest absolute Gasteiger partial charge is 0.118 e. The van der Waals surface area contributed by atoms with E-state index in [0.29, 0.717) is 6.54 Å². The first-order chi connectivity index (χ1) is 9.62. The molecule has 1 aliphatic heterocycles. The summed E-state index contributed by atoms with van der Waals surface area (Å²) in [7, 11) is 1.65. The highest BCUT2D eigenvalue weighted by Crippen LogP contribution is 2.18. The Hall–Kier alpha value is -1.14. The number of benzene rings is 1. The maximum Gasteiger partial charge on any atom is 0.118 e. The first-order valence-electron chi connectivity index (χ1n) is 6.92. The molecule has 1 saturated heterocycles. The SMILES string of the molecule is COc1ccc(CN2C[C@@H](C)O[C@@H](C(O)CO)C2)cc1. The molecule has 0 bridgehead atoms. The van der Waals surface area contributed by atoms with Gasteiger partial charge in [-0.05, 0) is 24.6 Å². The van der Waals surface area contributed by atoms with Crippen molar-refractivity contribution in [2.24, 2.45) is 0 Å². The van der Waals surface area contributed by atoms with Gasteiger partial charge in [0, 0.05) is 19.6 Å². The Morgan fingerprint density at radius 2 is 2.05 bits per heavy atom. The molecule has 3 atom stereocenters. The van der Waals surface area contributed by atoms with Gasteiger partial charge in [0.05, 0.1) is 25.9 Å². The lowest BCUT2D eigenvalue weighted by molar-refractivity contribution is -0.135. The molecule has 2 N–H and O–H groups in total. The van der Waals surface area contributed by atoms with Crippen molar-refractivity contribution in [3.05, 3.63) is 29.8 Å². The van der Waals surface area contributed by atoms with Gasteiger partial charge in [-0.15, -0.1) is 0 Å². The van der Waals surface area contributed by atoms with Crippen molar-refractivity contribution in [3.8, 4) is 5.75 Å². The van der Waals surface area contributed by atoms with Crippen molar-refractivity contribution in [2.45, 2.75) is 31.8 Å². The first-order valence-corrected chi connectivity index (χ1v) is 6.92. The number of nitrogens with zero attached hydrogens (tertiary/aromatic N) is 1. The second-order valence-electron chi connectivity index (χ2n) is 5.28. The molecule has 0 spiro atoms. The molecule has 1 heterocycles. The van der Waals surface area contributed by atoms with E-state index in [-0.39, 0.29) is 18.8 Å². The van der Waals surface area contributed by atoms with Gasteiger partial charge in [0.2, 0.25) is 0 Å². The molecular formula is C15H23NO4. The van der Waals surface area contributed by atoms with E-state index in [1.54, 1.807) is 7.11 Å². The van der Waals surface area contributed by atoms with Gasteiger partial charge in [-0.1, -0.05) is 12.1 Å². The summed E-state index contributed by atoms with van der Waals surface area (Å²) >= 11 is 0. The van der Waals surface area contributed by atoms with Crippen molar-refractivity contribution < 1.29 is 19.7 Å². The highest BCUT2D eigenvalue weighted by molar-refractivity contribution is 5.27. The Kier molecular flexibility index (Phi) is 5.37. The van der Waals surface area contributed by atoms with Gasteiger partial charge in [0.15, 0.2) is 0 Å². The minimum Gasteiger partial charge on any atom is -0.497 e. The number of ether oxygens (including phenoxy) is 2. The summed E-state index contributed by atoms with van der Waals surface area (Å²) in [5.74, 6) is 0.845. The van der Waals surface area contributed by atoms with Crippen LogP contribution in [0, 0.1) is 0 Å². The van der Waals surface area contributed by atoms with E-state index in [2.05, 4.69) is 4.90 Å². The normalized spacial score (nSPS) is 25.4. The van der Waals surface area contributed by atoms with Gasteiger partial charge in [0.25, 0.3) is 0 Å². The van der Waals surface area contributed by atoms with Crippen molar-refractivity contribution in [3.63, 3.8) is 0 Å². The largest absolute Gasteiger partial charge is 0.497 e. The van der Waals surface area contributed by atoms with Crippen LogP contribution in [0.15, 0.2) is 24.3 Å². The zero-order valence-corrected chi connectivity index (χ0v) is 12.0. The third kappa shape index (κ3) is 3.93. The number of methoxy groups -OCH3 is 1. The van der Waals surface area contributed by atoms with Gasteiger partial charge in [0.1, 0.15) is 11.9 Å². The molecular weight excluding hydrogens is 258 g/mol. The summed E-state index contributed by atoms with van der Waals surface area (Å²) in [5, 5.41) is 18.8. The van der Waals surface area contributed by atoms with Crippen LogP contribution in [0.3, 0.4) is 0 Å². The van der Waals surface area contributed by atoms with Gasteiger partial charge < -0.3 is 19.7 Å². The van der Waals surface area contributed by atoms with Crippen LogP contribution in [-0.4, -0.2) is 60.2 Å². The molecule has 2 rings (SSSR count). The molecule has 1 aromatic rings. The molecule has 5 heteroatoms. The first kappa shape index (κ1) is 15.3. The maximum atomic E-state index is 9.73. The fraction of sp³-hybridized carbons (Fsp3) is 0.600. The fourth-order valence-electron chi connectivity index (χ4n) is 2.53. The molecule has 0 aromatic heterocycles. The highest BCUT2D eigenvalue weighted by Gasteiger charge is 2.29. The molecule has 0 amide bonds. The van der Waals surface area contributed by atoms with Crippen molar-refractivity contribution in [1.82, 2.24) is 4.90 Å². The zero-order chi connectivity index (χ0) is 14.5. The van der Waals surface area contributed by atoms with E-state index in [1.807, 2.05) is 31.2 Å². The van der Waals surface area contributed by atoms with Crippen LogP contribution in [0.5, 0.6) is 5.75 Å². The van der Waals surface area contributed by atoms with E-state index in [4.69, 9.17) is 14.6 Å². The number of hydrogen-bond acceptors (Lipinski definition) is 5. The van der Waals surface area contributed by atoms with Gasteiger partial charge in [-0.2, -0.15) is 0 Å². The molecule has 1 aliphatic rings. The quantitative estimate of drug-likeness (QED) is 0.829. The van der Waals surface area contributed by atoms with E-state index >= 15 is 0 Å². The van der Waals surface area contributed by atoms with Crippen LogP contribution < -0.4 is 4.74 Å². The van der Waals surface area contributed by atoms with Crippen LogP contribution in [0.4, 0.5) is 0 Å². The molecule has 0 radical (unpaired) electrons. The summed E-state index contributed by atoms with van der Waals surface area (Å²) < 4.78 is 10.8. The topological polar surface area (TPSA) is 62.2 Å². The van der Waals surface area contributed by atoms with Crippen molar-refractivity contribution in [1.29, 1.82) is 0 Å². The third-order valence-electron chi connectivity index (χ3n) is 3.54. The Labute approximate surface area is 119 Å². The van der Waals surface area contributed by atoms with Crippen molar-refractivity contribution in [2.75, 3.05) is 26.8 Å². The molecule has 0 saturated carbocycles. The standard InChI is InChI=1S/C15H23NO4/c1-11-7-16(9-15(20-11)14(18)10-17)8-12-3-5-13(19-2)6-4-12/h3-6,11,14-15,17-18H,7-10H2,1-2H3/t11-,14?,15-/m1/s1. The van der Waals surface area contributed by atoms with Gasteiger partial charge in [-0.25, -0.2) is 0 Å². The summed E-state index contributed by atoms with van der Waals surface area (Å²) in [6.07, 6.45) is -1.11. The average molecular weight is 281 g/mol. The maximum absolute atomic E-state index is 9.73. The third-order valence-corrected chi connectivity index (χ3v) is 3.54. The monoisotopic (exact) mass is 281 g/mol.